The number of nitrogens with two attached hydrogens (primary N) is 1. The van der Waals surface area contributed by atoms with E-state index < -0.39 is 11.8 Å². The third-order valence-electron chi connectivity index (χ3n) is 3.23. The van der Waals surface area contributed by atoms with Crippen LogP contribution in [0.1, 0.15) is 39.0 Å². The molecule has 17 heavy (non-hydrogen) atoms. The van der Waals surface area contributed by atoms with Gasteiger partial charge in [0.05, 0.1) is 0 Å². The van der Waals surface area contributed by atoms with Crippen LogP contribution in [0.4, 0.5) is 0 Å². The highest BCUT2D eigenvalue weighted by atomic mass is 16.2. The van der Waals surface area contributed by atoms with Crippen molar-refractivity contribution in [3.63, 3.8) is 0 Å². The second-order valence-corrected chi connectivity index (χ2v) is 4.83. The van der Waals surface area contributed by atoms with Crippen molar-refractivity contribution in [3.8, 4) is 0 Å². The minimum atomic E-state index is -0.576. The molecule has 1 aliphatic carbocycles. The van der Waals surface area contributed by atoms with Gasteiger partial charge in [0.25, 0.3) is 0 Å². The van der Waals surface area contributed by atoms with Gasteiger partial charge in [-0.15, -0.1) is 0 Å². The molecular formula is C12H23N3O2. The Labute approximate surface area is 103 Å². The zero-order valence-corrected chi connectivity index (χ0v) is 10.5. The lowest BCUT2D eigenvalue weighted by molar-refractivity contribution is -0.139. The van der Waals surface area contributed by atoms with Crippen LogP contribution >= 0.6 is 0 Å². The van der Waals surface area contributed by atoms with Crippen molar-refractivity contribution in [3.05, 3.63) is 0 Å². The van der Waals surface area contributed by atoms with Gasteiger partial charge in [-0.1, -0.05) is 19.8 Å². The Morgan fingerprint density at radius 2 is 1.94 bits per heavy atom. The van der Waals surface area contributed by atoms with Gasteiger partial charge in [-0.05, 0) is 25.2 Å². The molecule has 2 atom stereocenters. The van der Waals surface area contributed by atoms with E-state index in [1.807, 2.05) is 0 Å². The van der Waals surface area contributed by atoms with Crippen LogP contribution in [0.3, 0.4) is 0 Å². The number of carbonyl (C=O) groups excluding carboxylic acids is 2. The summed E-state index contributed by atoms with van der Waals surface area (Å²) in [7, 11) is 0. The van der Waals surface area contributed by atoms with Crippen LogP contribution in [0.25, 0.3) is 0 Å². The van der Waals surface area contributed by atoms with Crippen LogP contribution in [-0.4, -0.2) is 30.9 Å². The lowest BCUT2D eigenvalue weighted by atomic mass is 10.0. The number of hydrogen-bond donors (Lipinski definition) is 3. The minimum absolute atomic E-state index is 0.149. The topological polar surface area (TPSA) is 84.2 Å². The second-order valence-electron chi connectivity index (χ2n) is 4.83. The van der Waals surface area contributed by atoms with Crippen LogP contribution in [0.15, 0.2) is 0 Å². The molecule has 0 saturated heterocycles. The maximum absolute atomic E-state index is 11.5. The molecule has 2 amide bonds. The predicted molar refractivity (Wildman–Crippen MR) is 66.2 cm³/mol. The highest BCUT2D eigenvalue weighted by molar-refractivity contribution is 6.35. The first-order chi connectivity index (χ1) is 8.13. The van der Waals surface area contributed by atoms with Crippen molar-refractivity contribution < 1.29 is 9.59 Å². The number of amides is 2. The SMILES string of the molecule is CC1CCCC(NC(=O)C(=O)NCCN)CC1. The molecule has 1 rings (SSSR count). The molecule has 0 heterocycles. The summed E-state index contributed by atoms with van der Waals surface area (Å²) in [4.78, 5) is 22.9. The van der Waals surface area contributed by atoms with Gasteiger partial charge >= 0.3 is 11.8 Å². The Hall–Kier alpha value is -1.10. The van der Waals surface area contributed by atoms with Gasteiger partial charge in [0, 0.05) is 19.1 Å². The normalized spacial score (nSPS) is 24.8. The molecule has 1 saturated carbocycles. The number of rotatable bonds is 3. The maximum Gasteiger partial charge on any atom is 0.309 e. The second kappa shape index (κ2) is 7.27. The lowest BCUT2D eigenvalue weighted by Crippen LogP contribution is -2.45. The van der Waals surface area contributed by atoms with Crippen molar-refractivity contribution >= 4 is 11.8 Å². The summed E-state index contributed by atoms with van der Waals surface area (Å²) in [5.74, 6) is -0.381. The summed E-state index contributed by atoms with van der Waals surface area (Å²) >= 11 is 0. The van der Waals surface area contributed by atoms with Gasteiger partial charge in [-0.2, -0.15) is 0 Å². The van der Waals surface area contributed by atoms with Crippen molar-refractivity contribution in [1.29, 1.82) is 0 Å². The van der Waals surface area contributed by atoms with E-state index in [2.05, 4.69) is 17.6 Å². The van der Waals surface area contributed by atoms with Gasteiger partial charge in [0.1, 0.15) is 0 Å². The fourth-order valence-electron chi connectivity index (χ4n) is 2.15. The lowest BCUT2D eigenvalue weighted by Gasteiger charge is -2.15. The van der Waals surface area contributed by atoms with E-state index in [-0.39, 0.29) is 6.04 Å². The zero-order chi connectivity index (χ0) is 12.7. The summed E-state index contributed by atoms with van der Waals surface area (Å²) in [5.41, 5.74) is 5.25. The molecule has 1 aliphatic rings. The van der Waals surface area contributed by atoms with E-state index in [1.54, 1.807) is 0 Å². The maximum atomic E-state index is 11.5. The molecule has 0 spiro atoms. The first kappa shape index (κ1) is 14.0. The van der Waals surface area contributed by atoms with E-state index >= 15 is 0 Å². The van der Waals surface area contributed by atoms with Crippen molar-refractivity contribution in [2.75, 3.05) is 13.1 Å². The summed E-state index contributed by atoms with van der Waals surface area (Å²) in [6, 6.07) is 0.149. The Morgan fingerprint density at radius 1 is 1.18 bits per heavy atom. The zero-order valence-electron chi connectivity index (χ0n) is 10.5. The van der Waals surface area contributed by atoms with Crippen LogP contribution in [0.5, 0.6) is 0 Å². The molecule has 0 aromatic heterocycles. The highest BCUT2D eigenvalue weighted by Gasteiger charge is 2.20. The average Bonchev–Trinajstić information content (AvgIpc) is 2.51. The smallest absolute Gasteiger partial charge is 0.309 e. The Kier molecular flexibility index (Phi) is 5.97. The fourth-order valence-corrected chi connectivity index (χ4v) is 2.15. The average molecular weight is 241 g/mol. The first-order valence-corrected chi connectivity index (χ1v) is 6.42. The summed E-state index contributed by atoms with van der Waals surface area (Å²) in [5, 5.41) is 5.27. The molecule has 0 aromatic rings. The van der Waals surface area contributed by atoms with E-state index in [4.69, 9.17) is 5.73 Å². The molecular weight excluding hydrogens is 218 g/mol. The van der Waals surface area contributed by atoms with Crippen LogP contribution in [0.2, 0.25) is 0 Å². The van der Waals surface area contributed by atoms with Crippen LogP contribution in [0, 0.1) is 5.92 Å². The van der Waals surface area contributed by atoms with E-state index in [0.29, 0.717) is 13.1 Å². The standard InChI is InChI=1S/C12H23N3O2/c1-9-3-2-4-10(6-5-9)15-12(17)11(16)14-8-7-13/h9-10H,2-8,13H2,1H3,(H,14,16)(H,15,17). The van der Waals surface area contributed by atoms with Gasteiger partial charge in [-0.3, -0.25) is 9.59 Å². The molecule has 1 fully saturated rings. The third kappa shape index (κ3) is 5.17. The molecule has 0 aliphatic heterocycles. The summed E-state index contributed by atoms with van der Waals surface area (Å²) in [6.45, 7) is 2.92. The molecule has 4 N–H and O–H groups in total. The van der Waals surface area contributed by atoms with Crippen LogP contribution in [-0.2, 0) is 9.59 Å². The number of hydrogen-bond acceptors (Lipinski definition) is 3. The molecule has 0 radical (unpaired) electrons. The van der Waals surface area contributed by atoms with Gasteiger partial charge in [0.2, 0.25) is 0 Å². The minimum Gasteiger partial charge on any atom is -0.347 e. The quantitative estimate of drug-likeness (QED) is 0.485. The largest absolute Gasteiger partial charge is 0.347 e. The predicted octanol–water partition coefficient (Wildman–Crippen LogP) is 0.146. The Bertz CT molecular complexity index is 268. The van der Waals surface area contributed by atoms with E-state index in [1.165, 1.54) is 6.42 Å². The number of nitrogens with one attached hydrogen (secondary N) is 2. The van der Waals surface area contributed by atoms with Crippen LogP contribution < -0.4 is 16.4 Å². The monoisotopic (exact) mass is 241 g/mol. The summed E-state index contributed by atoms with van der Waals surface area (Å²) < 4.78 is 0. The molecule has 98 valence electrons. The third-order valence-corrected chi connectivity index (χ3v) is 3.23. The molecule has 5 heteroatoms. The van der Waals surface area contributed by atoms with Crippen molar-refractivity contribution in [1.82, 2.24) is 10.6 Å². The van der Waals surface area contributed by atoms with Gasteiger partial charge in [-0.25, -0.2) is 0 Å². The molecule has 2 unspecified atom stereocenters. The van der Waals surface area contributed by atoms with Gasteiger partial charge < -0.3 is 16.4 Å². The molecule has 0 aromatic carbocycles. The molecule has 0 bridgehead atoms. The molecule has 5 nitrogen and oxygen atoms in total. The van der Waals surface area contributed by atoms with Crippen molar-refractivity contribution in [2.45, 2.75) is 45.1 Å². The fraction of sp³-hybridized carbons (Fsp3) is 0.833. The summed E-state index contributed by atoms with van der Waals surface area (Å²) in [6.07, 6.45) is 5.40. The Morgan fingerprint density at radius 3 is 2.65 bits per heavy atom. The Balaban J connectivity index is 2.32. The number of carbonyl (C=O) groups is 2. The van der Waals surface area contributed by atoms with Gasteiger partial charge in [0.15, 0.2) is 0 Å². The first-order valence-electron chi connectivity index (χ1n) is 6.42. The van der Waals surface area contributed by atoms with E-state index in [0.717, 1.165) is 31.6 Å². The highest BCUT2D eigenvalue weighted by Crippen LogP contribution is 2.22. The van der Waals surface area contributed by atoms with Crippen molar-refractivity contribution in [2.24, 2.45) is 11.7 Å². The van der Waals surface area contributed by atoms with E-state index in [9.17, 15) is 9.59 Å².